The van der Waals surface area contributed by atoms with E-state index in [0.717, 1.165) is 67.2 Å². The van der Waals surface area contributed by atoms with Gasteiger partial charge in [0.1, 0.15) is 5.75 Å². The molecule has 0 unspecified atom stereocenters. The van der Waals surface area contributed by atoms with Crippen LogP contribution in [0.15, 0.2) is 91.3 Å². The highest BCUT2D eigenvalue weighted by Crippen LogP contribution is 2.43. The van der Waals surface area contributed by atoms with Gasteiger partial charge in [-0.25, -0.2) is 0 Å². The quantitative estimate of drug-likeness (QED) is 0.0638. The molecule has 8 nitrogen and oxygen atoms in total. The van der Waals surface area contributed by atoms with Gasteiger partial charge in [-0.1, -0.05) is 93.4 Å². The number of hydrogen-bond donors (Lipinski definition) is 2. The van der Waals surface area contributed by atoms with Crippen molar-refractivity contribution in [3.8, 4) is 5.75 Å². The number of carboxylic acid groups (broad SMARTS) is 1. The second-order valence-electron chi connectivity index (χ2n) is 14.3. The molecule has 2 N–H and O–H groups in total. The average Bonchev–Trinajstić information content (AvgIpc) is 3.14. The van der Waals surface area contributed by atoms with Crippen molar-refractivity contribution >= 4 is 17.5 Å². The van der Waals surface area contributed by atoms with Crippen molar-refractivity contribution in [2.45, 2.75) is 110 Å². The van der Waals surface area contributed by atoms with E-state index in [1.54, 1.807) is 12.3 Å². The van der Waals surface area contributed by atoms with Crippen LogP contribution in [0.4, 0.5) is 0 Å². The first kappa shape index (κ1) is 40.5. The van der Waals surface area contributed by atoms with Gasteiger partial charge in [0.25, 0.3) is 0 Å². The second kappa shape index (κ2) is 21.3. The lowest BCUT2D eigenvalue weighted by molar-refractivity contribution is -0.279. The first-order chi connectivity index (χ1) is 25.2. The van der Waals surface area contributed by atoms with Crippen LogP contribution >= 0.6 is 0 Å². The predicted octanol–water partition coefficient (Wildman–Crippen LogP) is 10.0. The Balaban J connectivity index is 1.27. The molecule has 0 aliphatic carbocycles. The maximum atomic E-state index is 11.7. The van der Waals surface area contributed by atoms with Gasteiger partial charge < -0.3 is 24.4 Å². The summed E-state index contributed by atoms with van der Waals surface area (Å²) < 4.78 is 18.1. The first-order valence-electron chi connectivity index (χ1n) is 18.9. The van der Waals surface area contributed by atoms with Gasteiger partial charge in [-0.05, 0) is 87.1 Å². The maximum Gasteiger partial charge on any atom is 0.306 e. The van der Waals surface area contributed by atoms with Gasteiger partial charge >= 0.3 is 11.9 Å². The summed E-state index contributed by atoms with van der Waals surface area (Å²) in [4.78, 5) is 26.9. The number of para-hydroxylation sites is 1. The molecule has 2 heterocycles. The molecule has 0 bridgehead atoms. The van der Waals surface area contributed by atoms with Gasteiger partial charge in [-0.3, -0.25) is 14.6 Å². The average molecular weight is 712 g/mol. The summed E-state index contributed by atoms with van der Waals surface area (Å²) in [5, 5.41) is 19.7. The summed E-state index contributed by atoms with van der Waals surface area (Å²) in [6.07, 6.45) is 18.6. The SMILES string of the molecule is CCOC(=O)CC/C=C\C[C@@H]1CO[C@H](C(C)(C)CCCCCc2ccc(/C(=C\CCCCC(=O)O)c3cccnc3)cc2)O[C@@H]1c1ccccc1O. The van der Waals surface area contributed by atoms with Gasteiger partial charge in [-0.2, -0.15) is 0 Å². The lowest BCUT2D eigenvalue weighted by atomic mass is 9.84. The molecule has 1 aromatic heterocycles. The minimum absolute atomic E-state index is 0.0327. The van der Waals surface area contributed by atoms with Gasteiger partial charge in [0.15, 0.2) is 6.29 Å². The highest BCUT2D eigenvalue weighted by Gasteiger charge is 2.40. The highest BCUT2D eigenvalue weighted by molar-refractivity contribution is 5.79. The van der Waals surface area contributed by atoms with Crippen molar-refractivity contribution in [3.05, 3.63) is 114 Å². The summed E-state index contributed by atoms with van der Waals surface area (Å²) in [5.74, 6) is -0.675. The largest absolute Gasteiger partial charge is 0.508 e. The van der Waals surface area contributed by atoms with Crippen molar-refractivity contribution < 1.29 is 34.0 Å². The Labute approximate surface area is 309 Å². The molecule has 1 aliphatic rings. The van der Waals surface area contributed by atoms with E-state index in [0.29, 0.717) is 38.9 Å². The smallest absolute Gasteiger partial charge is 0.306 e. The number of rotatable bonds is 21. The van der Waals surface area contributed by atoms with E-state index in [9.17, 15) is 14.7 Å². The number of unbranched alkanes of at least 4 members (excludes halogenated alkanes) is 4. The normalized spacial score (nSPS) is 18.1. The molecular formula is C44H57NO7. The van der Waals surface area contributed by atoms with Gasteiger partial charge in [0, 0.05) is 47.7 Å². The molecule has 0 spiro atoms. The standard InChI is InChI=1S/C44H57NO7/c1-4-50-41(49)24-12-5-9-18-36-32-51-43(52-42(36)38-21-13-14-22-39(38)46)44(2,3)29-15-7-8-17-33-25-27-34(28-26-33)37(35-19-16-30-45-31-35)20-10-6-11-23-40(47)48/h5,9,13-14,16,19-22,25-28,30-31,36,42-43,46H,4,6-8,10-12,15,17-18,23-24,29,32H2,1-3H3,(H,47,48)/b9-5-,37-20+/t36-,42+,43+/m1/s1. The van der Waals surface area contributed by atoms with Crippen LogP contribution in [0.3, 0.4) is 0 Å². The molecule has 3 atom stereocenters. The van der Waals surface area contributed by atoms with Gasteiger partial charge in [-0.15, -0.1) is 0 Å². The number of esters is 1. The molecule has 1 aliphatic heterocycles. The Hall–Kier alpha value is -4.27. The molecule has 4 rings (SSSR count). The number of hydrogen-bond acceptors (Lipinski definition) is 7. The van der Waals surface area contributed by atoms with Crippen LogP contribution < -0.4 is 0 Å². The number of nitrogens with zero attached hydrogens (tertiary/aromatic N) is 1. The predicted molar refractivity (Wildman–Crippen MR) is 205 cm³/mol. The monoisotopic (exact) mass is 711 g/mol. The fourth-order valence-electron chi connectivity index (χ4n) is 6.71. The zero-order valence-electron chi connectivity index (χ0n) is 31.2. The number of pyridine rings is 1. The van der Waals surface area contributed by atoms with Crippen LogP contribution in [0.25, 0.3) is 5.57 Å². The van der Waals surface area contributed by atoms with E-state index in [4.69, 9.17) is 19.3 Å². The topological polar surface area (TPSA) is 115 Å². The van der Waals surface area contributed by atoms with E-state index in [2.05, 4.69) is 61.3 Å². The van der Waals surface area contributed by atoms with Crippen LogP contribution in [-0.2, 0) is 30.2 Å². The number of aryl methyl sites for hydroxylation is 1. The molecule has 0 amide bonds. The molecular weight excluding hydrogens is 654 g/mol. The summed E-state index contributed by atoms with van der Waals surface area (Å²) in [6, 6.07) is 20.2. The molecule has 8 heteroatoms. The van der Waals surface area contributed by atoms with Gasteiger partial charge in [0.2, 0.25) is 0 Å². The number of carbonyl (C=O) groups is 2. The number of allylic oxidation sites excluding steroid dienone is 3. The summed E-state index contributed by atoms with van der Waals surface area (Å²) in [7, 11) is 0. The molecule has 2 aromatic carbocycles. The zero-order chi connectivity index (χ0) is 37.2. The number of aromatic hydroxyl groups is 1. The van der Waals surface area contributed by atoms with Gasteiger partial charge in [0.05, 0.1) is 19.3 Å². The lowest BCUT2D eigenvalue weighted by Crippen LogP contribution is -2.43. The lowest BCUT2D eigenvalue weighted by Gasteiger charge is -2.43. The summed E-state index contributed by atoms with van der Waals surface area (Å²) in [5.41, 5.74) is 5.19. The van der Waals surface area contributed by atoms with Crippen molar-refractivity contribution in [1.29, 1.82) is 0 Å². The summed E-state index contributed by atoms with van der Waals surface area (Å²) >= 11 is 0. The van der Waals surface area contributed by atoms with Crippen LogP contribution in [0.2, 0.25) is 0 Å². The fraction of sp³-hybridized carbons (Fsp3) is 0.477. The third-order valence-corrected chi connectivity index (χ3v) is 9.68. The van der Waals surface area contributed by atoms with Crippen LogP contribution in [-0.4, -0.2) is 46.6 Å². The van der Waals surface area contributed by atoms with E-state index < -0.39 is 12.3 Å². The Morgan fingerprint density at radius 3 is 2.46 bits per heavy atom. The molecule has 52 heavy (non-hydrogen) atoms. The Morgan fingerprint density at radius 2 is 1.73 bits per heavy atom. The number of benzene rings is 2. The molecule has 280 valence electrons. The number of phenolic OH excluding ortho intramolecular Hbond substituents is 1. The Bertz CT molecular complexity index is 1580. The molecule has 0 radical (unpaired) electrons. The maximum absolute atomic E-state index is 11.7. The van der Waals surface area contributed by atoms with Crippen molar-refractivity contribution in [3.63, 3.8) is 0 Å². The minimum Gasteiger partial charge on any atom is -0.508 e. The molecule has 3 aromatic rings. The Kier molecular flexibility index (Phi) is 16.6. The van der Waals surface area contributed by atoms with Crippen LogP contribution in [0.5, 0.6) is 5.75 Å². The number of aromatic nitrogens is 1. The number of carboxylic acids is 1. The first-order valence-corrected chi connectivity index (χ1v) is 18.9. The molecule has 1 fully saturated rings. The third-order valence-electron chi connectivity index (χ3n) is 9.68. The second-order valence-corrected chi connectivity index (χ2v) is 14.3. The van der Waals surface area contributed by atoms with E-state index in [-0.39, 0.29) is 35.6 Å². The summed E-state index contributed by atoms with van der Waals surface area (Å²) in [6.45, 7) is 7.13. The molecule has 1 saturated heterocycles. The molecule has 0 saturated carbocycles. The van der Waals surface area contributed by atoms with Crippen molar-refractivity contribution in [2.75, 3.05) is 13.2 Å². The van der Waals surface area contributed by atoms with E-state index in [1.165, 1.54) is 5.56 Å². The number of phenols is 1. The Morgan fingerprint density at radius 1 is 0.923 bits per heavy atom. The zero-order valence-corrected chi connectivity index (χ0v) is 31.2. The number of aliphatic carboxylic acids is 1. The van der Waals surface area contributed by atoms with E-state index >= 15 is 0 Å². The van der Waals surface area contributed by atoms with E-state index in [1.807, 2.05) is 43.5 Å². The fourth-order valence-corrected chi connectivity index (χ4v) is 6.71. The van der Waals surface area contributed by atoms with Crippen molar-refractivity contribution in [2.24, 2.45) is 11.3 Å². The highest BCUT2D eigenvalue weighted by atomic mass is 16.7. The number of carbonyl (C=O) groups excluding carboxylic acids is 1. The number of ether oxygens (including phenoxy) is 3. The minimum atomic E-state index is -0.748. The van der Waals surface area contributed by atoms with Crippen LogP contribution in [0.1, 0.15) is 120 Å². The third kappa shape index (κ3) is 13.1. The van der Waals surface area contributed by atoms with Crippen LogP contribution in [0, 0.1) is 11.3 Å². The van der Waals surface area contributed by atoms with Crippen molar-refractivity contribution in [1.82, 2.24) is 4.98 Å².